The lowest BCUT2D eigenvalue weighted by molar-refractivity contribution is 0.743. The van der Waals surface area contributed by atoms with Crippen LogP contribution in [-0.2, 0) is 0 Å². The number of aromatic nitrogens is 3. The van der Waals surface area contributed by atoms with E-state index in [9.17, 15) is 0 Å². The molecule has 0 aliphatic heterocycles. The zero-order chi connectivity index (χ0) is 12.6. The van der Waals surface area contributed by atoms with Gasteiger partial charge in [-0.15, -0.1) is 0 Å². The number of nitrogens with one attached hydrogen (secondary N) is 1. The highest BCUT2D eigenvalue weighted by atomic mass is 79.9. The number of benzene rings is 1. The van der Waals surface area contributed by atoms with Gasteiger partial charge in [0.1, 0.15) is 5.82 Å². The van der Waals surface area contributed by atoms with Crippen LogP contribution in [0, 0.1) is 4.77 Å². The van der Waals surface area contributed by atoms with Gasteiger partial charge in [0.05, 0.1) is 5.69 Å². The summed E-state index contributed by atoms with van der Waals surface area (Å²) in [5.41, 5.74) is 0.903. The van der Waals surface area contributed by atoms with Gasteiger partial charge in [0.15, 0.2) is 4.77 Å². The van der Waals surface area contributed by atoms with E-state index >= 15 is 0 Å². The molecule has 0 bridgehead atoms. The van der Waals surface area contributed by atoms with E-state index in [1.807, 2.05) is 22.8 Å². The zero-order valence-electron chi connectivity index (χ0n) is 9.37. The highest BCUT2D eigenvalue weighted by Crippen LogP contribution is 2.27. The quantitative estimate of drug-likeness (QED) is 0.823. The predicted molar refractivity (Wildman–Crippen MR) is 75.5 cm³/mol. The molecule has 1 aromatic carbocycles. The normalized spacial score (nSPS) is 11.1. The van der Waals surface area contributed by atoms with E-state index < -0.39 is 0 Å². The Labute approximate surface area is 118 Å². The first-order chi connectivity index (χ1) is 8.00. The van der Waals surface area contributed by atoms with Gasteiger partial charge in [-0.2, -0.15) is 5.10 Å². The van der Waals surface area contributed by atoms with Gasteiger partial charge < -0.3 is 0 Å². The molecule has 0 radical (unpaired) electrons. The summed E-state index contributed by atoms with van der Waals surface area (Å²) in [6, 6.07) is 5.59. The fourth-order valence-corrected chi connectivity index (χ4v) is 2.41. The summed E-state index contributed by atoms with van der Waals surface area (Å²) in [5, 5.41) is 7.73. The number of nitrogens with zero attached hydrogens (tertiary/aromatic N) is 2. The lowest BCUT2D eigenvalue weighted by Gasteiger charge is -2.11. The average molecular weight is 333 g/mol. The van der Waals surface area contributed by atoms with Crippen LogP contribution in [0.15, 0.2) is 22.7 Å². The van der Waals surface area contributed by atoms with Crippen LogP contribution in [-0.4, -0.2) is 14.8 Å². The van der Waals surface area contributed by atoms with Gasteiger partial charge in [-0.05, 0) is 46.3 Å². The highest BCUT2D eigenvalue weighted by molar-refractivity contribution is 9.10. The molecule has 0 spiro atoms. The summed E-state index contributed by atoms with van der Waals surface area (Å²) < 4.78 is 3.40. The van der Waals surface area contributed by atoms with Gasteiger partial charge in [-0.25, -0.2) is 0 Å². The van der Waals surface area contributed by atoms with Crippen molar-refractivity contribution in [2.24, 2.45) is 0 Å². The van der Waals surface area contributed by atoms with Crippen LogP contribution in [0.25, 0.3) is 5.69 Å². The first-order valence-electron chi connectivity index (χ1n) is 5.13. The molecule has 0 saturated carbocycles. The standard InChI is InChI=1S/C11H11BrClN3S/c1-6(2)10-14-15-11(17)16(10)9-5-7(13)3-4-8(9)12/h3-6H,1-2H3,(H,15,17). The number of halogens is 2. The topological polar surface area (TPSA) is 33.6 Å². The molecule has 1 heterocycles. The maximum atomic E-state index is 6.02. The van der Waals surface area contributed by atoms with Crippen molar-refractivity contribution in [1.82, 2.24) is 14.8 Å². The van der Waals surface area contributed by atoms with E-state index in [0.29, 0.717) is 9.79 Å². The molecule has 0 fully saturated rings. The van der Waals surface area contributed by atoms with Gasteiger partial charge in [0, 0.05) is 15.4 Å². The second kappa shape index (κ2) is 4.92. The predicted octanol–water partition coefficient (Wildman–Crippen LogP) is 4.47. The van der Waals surface area contributed by atoms with E-state index in [2.05, 4.69) is 40.0 Å². The maximum absolute atomic E-state index is 6.02. The molecular weight excluding hydrogens is 322 g/mol. The summed E-state index contributed by atoms with van der Waals surface area (Å²) in [4.78, 5) is 0. The van der Waals surface area contributed by atoms with Crippen LogP contribution < -0.4 is 0 Å². The Bertz CT molecular complexity index is 603. The van der Waals surface area contributed by atoms with Gasteiger partial charge in [-0.1, -0.05) is 25.4 Å². The molecular formula is C11H11BrClN3S. The van der Waals surface area contributed by atoms with Crippen LogP contribution in [0.2, 0.25) is 5.02 Å². The van der Waals surface area contributed by atoms with Crippen LogP contribution >= 0.6 is 39.7 Å². The van der Waals surface area contributed by atoms with Crippen molar-refractivity contribution in [3.05, 3.63) is 38.3 Å². The van der Waals surface area contributed by atoms with Gasteiger partial charge in [-0.3, -0.25) is 9.67 Å². The molecule has 0 atom stereocenters. The highest BCUT2D eigenvalue weighted by Gasteiger charge is 2.14. The third-order valence-electron chi connectivity index (χ3n) is 2.36. The minimum absolute atomic E-state index is 0.272. The molecule has 90 valence electrons. The van der Waals surface area contributed by atoms with Crippen molar-refractivity contribution in [2.75, 3.05) is 0 Å². The molecule has 2 rings (SSSR count). The summed E-state index contributed by atoms with van der Waals surface area (Å²) in [5.74, 6) is 1.16. The van der Waals surface area contributed by atoms with Crippen molar-refractivity contribution >= 4 is 39.7 Å². The Morgan fingerprint density at radius 1 is 1.47 bits per heavy atom. The Balaban J connectivity index is 2.72. The molecule has 0 unspecified atom stereocenters. The number of hydrogen-bond donors (Lipinski definition) is 1. The van der Waals surface area contributed by atoms with E-state index in [1.165, 1.54) is 0 Å². The lowest BCUT2D eigenvalue weighted by Crippen LogP contribution is -2.04. The van der Waals surface area contributed by atoms with Crippen LogP contribution in [0.5, 0.6) is 0 Å². The van der Waals surface area contributed by atoms with E-state index in [4.69, 9.17) is 23.8 Å². The fourth-order valence-electron chi connectivity index (χ4n) is 1.59. The molecule has 17 heavy (non-hydrogen) atoms. The first-order valence-corrected chi connectivity index (χ1v) is 6.71. The van der Waals surface area contributed by atoms with Gasteiger partial charge >= 0.3 is 0 Å². The lowest BCUT2D eigenvalue weighted by atomic mass is 10.2. The minimum Gasteiger partial charge on any atom is -0.271 e. The van der Waals surface area contributed by atoms with Crippen LogP contribution in [0.3, 0.4) is 0 Å². The molecule has 0 amide bonds. The largest absolute Gasteiger partial charge is 0.271 e. The molecule has 1 N–H and O–H groups in total. The molecule has 3 nitrogen and oxygen atoms in total. The van der Waals surface area contributed by atoms with Crippen LogP contribution in [0.4, 0.5) is 0 Å². The minimum atomic E-state index is 0.272. The number of hydrogen-bond acceptors (Lipinski definition) is 2. The Kier molecular flexibility index (Phi) is 3.70. The van der Waals surface area contributed by atoms with Crippen LogP contribution in [0.1, 0.15) is 25.6 Å². The smallest absolute Gasteiger partial charge is 0.199 e. The second-order valence-electron chi connectivity index (χ2n) is 3.97. The van der Waals surface area contributed by atoms with Gasteiger partial charge in [0.2, 0.25) is 0 Å². The zero-order valence-corrected chi connectivity index (χ0v) is 12.5. The van der Waals surface area contributed by atoms with Crippen molar-refractivity contribution < 1.29 is 0 Å². The van der Waals surface area contributed by atoms with E-state index in [-0.39, 0.29) is 5.92 Å². The fraction of sp³-hybridized carbons (Fsp3) is 0.273. The Hall–Kier alpha value is -0.650. The monoisotopic (exact) mass is 331 g/mol. The third kappa shape index (κ3) is 2.46. The Morgan fingerprint density at radius 3 is 2.82 bits per heavy atom. The van der Waals surface area contributed by atoms with Crippen molar-refractivity contribution in [3.63, 3.8) is 0 Å². The van der Waals surface area contributed by atoms with Crippen molar-refractivity contribution in [3.8, 4) is 5.69 Å². The number of H-pyrrole nitrogens is 1. The van der Waals surface area contributed by atoms with E-state index in [1.54, 1.807) is 0 Å². The van der Waals surface area contributed by atoms with Crippen molar-refractivity contribution in [2.45, 2.75) is 19.8 Å². The third-order valence-corrected chi connectivity index (χ3v) is 3.54. The SMILES string of the molecule is CC(C)c1n[nH]c(=S)n1-c1cc(Cl)ccc1Br. The van der Waals surface area contributed by atoms with Gasteiger partial charge in [0.25, 0.3) is 0 Å². The second-order valence-corrected chi connectivity index (χ2v) is 5.65. The summed E-state index contributed by atoms with van der Waals surface area (Å²) in [7, 11) is 0. The summed E-state index contributed by atoms with van der Waals surface area (Å²) in [6.45, 7) is 4.14. The molecule has 1 aromatic heterocycles. The molecule has 0 saturated heterocycles. The number of aromatic amines is 1. The Morgan fingerprint density at radius 2 is 2.18 bits per heavy atom. The molecule has 6 heteroatoms. The molecule has 0 aliphatic rings. The summed E-state index contributed by atoms with van der Waals surface area (Å²) >= 11 is 14.8. The summed E-state index contributed by atoms with van der Waals surface area (Å²) in [6.07, 6.45) is 0. The molecule has 0 aliphatic carbocycles. The molecule has 2 aromatic rings. The van der Waals surface area contributed by atoms with E-state index in [0.717, 1.165) is 16.0 Å². The number of rotatable bonds is 2. The first kappa shape index (κ1) is 12.8. The van der Waals surface area contributed by atoms with Crippen molar-refractivity contribution in [1.29, 1.82) is 0 Å². The maximum Gasteiger partial charge on any atom is 0.199 e. The average Bonchev–Trinajstić information content (AvgIpc) is 2.64.